The van der Waals surface area contributed by atoms with Crippen LogP contribution >= 0.6 is 0 Å². The van der Waals surface area contributed by atoms with Gasteiger partial charge in [0.05, 0.1) is 18.9 Å². The number of nitrogens with zero attached hydrogens (tertiary/aromatic N) is 2. The van der Waals surface area contributed by atoms with Crippen molar-refractivity contribution in [2.75, 3.05) is 6.61 Å². The zero-order chi connectivity index (χ0) is 10.8. The average molecular weight is 250 g/mol. The topological polar surface area (TPSA) is 44.1 Å². The van der Waals surface area contributed by atoms with Crippen LogP contribution in [0.25, 0.3) is 0 Å². The number of aryl methyl sites for hydroxylation is 1. The third-order valence-electron chi connectivity index (χ3n) is 3.14. The van der Waals surface area contributed by atoms with Crippen LogP contribution in [0.4, 0.5) is 0 Å². The van der Waals surface area contributed by atoms with Crippen molar-refractivity contribution in [3.8, 4) is 0 Å². The van der Waals surface area contributed by atoms with Crippen LogP contribution < -0.4 is 0 Å². The molecule has 0 unspecified atom stereocenters. The average Bonchev–Trinajstić information content (AvgIpc) is 2.76. The molecule has 1 fully saturated rings. The number of hydrogen-bond donors (Lipinski definition) is 0. The maximum atomic E-state index is 11.4. The SMILES string of the molecule is CC[C@@H]1C(=O)OC[C@@H]1Cc1cncn1C.[Ca+2].[H-].[H-]. The zero-order valence-electron chi connectivity index (χ0n) is 11.8. The second kappa shape index (κ2) is 6.03. The van der Waals surface area contributed by atoms with Gasteiger partial charge in [0.15, 0.2) is 0 Å². The Hall–Kier alpha value is -0.0603. The molecule has 16 heavy (non-hydrogen) atoms. The largest absolute Gasteiger partial charge is 2.00 e. The van der Waals surface area contributed by atoms with E-state index in [1.165, 1.54) is 0 Å². The normalized spacial score (nSPS) is 24.0. The monoisotopic (exact) mass is 250 g/mol. The van der Waals surface area contributed by atoms with E-state index in [1.54, 1.807) is 6.33 Å². The minimum Gasteiger partial charge on any atom is -1.00 e. The van der Waals surface area contributed by atoms with E-state index < -0.39 is 0 Å². The van der Waals surface area contributed by atoms with Crippen LogP contribution in [0, 0.1) is 11.8 Å². The van der Waals surface area contributed by atoms with Gasteiger partial charge in [-0.2, -0.15) is 0 Å². The quantitative estimate of drug-likeness (QED) is 0.594. The number of hydrogen-bond acceptors (Lipinski definition) is 3. The molecule has 1 aromatic heterocycles. The van der Waals surface area contributed by atoms with E-state index in [2.05, 4.69) is 4.98 Å². The van der Waals surface area contributed by atoms with Crippen LogP contribution in [0.15, 0.2) is 12.5 Å². The van der Waals surface area contributed by atoms with Crippen molar-refractivity contribution in [2.45, 2.75) is 19.8 Å². The molecule has 0 aromatic carbocycles. The summed E-state index contributed by atoms with van der Waals surface area (Å²) < 4.78 is 7.08. The van der Waals surface area contributed by atoms with E-state index in [1.807, 2.05) is 24.7 Å². The van der Waals surface area contributed by atoms with Crippen LogP contribution in [-0.2, 0) is 23.0 Å². The van der Waals surface area contributed by atoms with E-state index in [0.717, 1.165) is 18.5 Å². The fraction of sp³-hybridized carbons (Fsp3) is 0.636. The number of esters is 1. The number of rotatable bonds is 3. The molecule has 0 bridgehead atoms. The Kier molecular flexibility index (Phi) is 5.28. The first kappa shape index (κ1) is 14.0. The van der Waals surface area contributed by atoms with Crippen molar-refractivity contribution in [3.63, 3.8) is 0 Å². The first-order valence-electron chi connectivity index (χ1n) is 5.34. The summed E-state index contributed by atoms with van der Waals surface area (Å²) in [5.74, 6) is 0.350. The van der Waals surface area contributed by atoms with Gasteiger partial charge in [-0.3, -0.25) is 4.79 Å². The molecule has 0 saturated carbocycles. The second-order valence-electron chi connectivity index (χ2n) is 4.10. The van der Waals surface area contributed by atoms with Crippen LogP contribution in [0.5, 0.6) is 0 Å². The van der Waals surface area contributed by atoms with Gasteiger partial charge in [0.1, 0.15) is 0 Å². The Morgan fingerprint density at radius 1 is 1.69 bits per heavy atom. The molecular weight excluding hydrogens is 232 g/mol. The third kappa shape index (κ3) is 2.79. The smallest absolute Gasteiger partial charge is 1.00 e. The summed E-state index contributed by atoms with van der Waals surface area (Å²) in [4.78, 5) is 15.5. The minimum atomic E-state index is -0.0373. The number of carbonyl (C=O) groups is 1. The Morgan fingerprint density at radius 2 is 2.44 bits per heavy atom. The zero-order valence-corrected chi connectivity index (χ0v) is 12.1. The Morgan fingerprint density at radius 3 is 3.00 bits per heavy atom. The van der Waals surface area contributed by atoms with E-state index in [9.17, 15) is 4.79 Å². The van der Waals surface area contributed by atoms with Gasteiger partial charge >= 0.3 is 43.7 Å². The number of aromatic nitrogens is 2. The minimum absolute atomic E-state index is 0. The summed E-state index contributed by atoms with van der Waals surface area (Å²) in [7, 11) is 1.97. The molecule has 1 aliphatic rings. The Balaban J connectivity index is 0. The molecule has 1 aliphatic heterocycles. The molecule has 5 heteroatoms. The molecule has 0 aliphatic carbocycles. The summed E-state index contributed by atoms with van der Waals surface area (Å²) in [5.41, 5.74) is 1.16. The van der Waals surface area contributed by atoms with E-state index in [-0.39, 0.29) is 52.5 Å². The molecule has 2 heterocycles. The van der Waals surface area contributed by atoms with Gasteiger partial charge in [0.25, 0.3) is 0 Å². The molecule has 0 N–H and O–H groups in total. The van der Waals surface area contributed by atoms with Crippen LogP contribution in [0.3, 0.4) is 0 Å². The molecule has 1 aromatic rings. The second-order valence-corrected chi connectivity index (χ2v) is 4.10. The third-order valence-corrected chi connectivity index (χ3v) is 3.14. The Bertz CT molecular complexity index is 374. The van der Waals surface area contributed by atoms with Gasteiger partial charge in [-0.1, -0.05) is 6.92 Å². The molecule has 4 nitrogen and oxygen atoms in total. The molecule has 2 rings (SSSR count). The Labute approximate surface area is 128 Å². The number of carbonyl (C=O) groups excluding carboxylic acids is 1. The van der Waals surface area contributed by atoms with Gasteiger partial charge in [0, 0.05) is 24.9 Å². The van der Waals surface area contributed by atoms with E-state index in [4.69, 9.17) is 4.74 Å². The predicted molar refractivity (Wildman–Crippen MR) is 63.1 cm³/mol. The first-order valence-corrected chi connectivity index (χ1v) is 5.34. The fourth-order valence-corrected chi connectivity index (χ4v) is 2.16. The molecule has 1 saturated heterocycles. The van der Waals surface area contributed by atoms with Crippen molar-refractivity contribution < 1.29 is 12.4 Å². The molecule has 2 atom stereocenters. The predicted octanol–water partition coefficient (Wildman–Crippen LogP) is 1.01. The van der Waals surface area contributed by atoms with Gasteiger partial charge in [-0.05, 0) is 12.8 Å². The van der Waals surface area contributed by atoms with Crippen molar-refractivity contribution in [1.82, 2.24) is 9.55 Å². The molecule has 86 valence electrons. The van der Waals surface area contributed by atoms with Crippen molar-refractivity contribution in [1.29, 1.82) is 0 Å². The van der Waals surface area contributed by atoms with Crippen LogP contribution in [0.2, 0.25) is 0 Å². The first-order chi connectivity index (χ1) is 7.22. The summed E-state index contributed by atoms with van der Waals surface area (Å²) in [6, 6.07) is 0. The van der Waals surface area contributed by atoms with Gasteiger partial charge < -0.3 is 12.2 Å². The fourth-order valence-electron chi connectivity index (χ4n) is 2.16. The van der Waals surface area contributed by atoms with Gasteiger partial charge in [-0.25, -0.2) is 4.98 Å². The summed E-state index contributed by atoms with van der Waals surface area (Å²) >= 11 is 0. The maximum absolute atomic E-state index is 11.4. The summed E-state index contributed by atoms with van der Waals surface area (Å²) in [6.45, 7) is 2.59. The van der Waals surface area contributed by atoms with Crippen molar-refractivity contribution in [2.24, 2.45) is 18.9 Å². The number of cyclic esters (lactones) is 1. The van der Waals surface area contributed by atoms with Gasteiger partial charge in [0.2, 0.25) is 0 Å². The number of imidazole rings is 1. The van der Waals surface area contributed by atoms with Crippen molar-refractivity contribution >= 4 is 43.7 Å². The molecule has 0 spiro atoms. The van der Waals surface area contributed by atoms with Crippen molar-refractivity contribution in [3.05, 3.63) is 18.2 Å². The number of ether oxygens (including phenoxy) is 1. The standard InChI is InChI=1S/C11H16N2O2.Ca.2H/c1-3-10-8(6-15-11(10)14)4-9-5-12-7-13(9)2;;;/h5,7-8,10H,3-4,6H2,1-2H3;;;/q;+2;2*-1/t8-,10-;;;/m0.../s1. The molecule has 0 radical (unpaired) electrons. The summed E-state index contributed by atoms with van der Waals surface area (Å²) in [5, 5.41) is 0. The molecular formula is C11H18CaN2O2. The van der Waals surface area contributed by atoms with E-state index >= 15 is 0 Å². The maximum Gasteiger partial charge on any atom is 2.00 e. The van der Waals surface area contributed by atoms with E-state index in [0.29, 0.717) is 12.5 Å². The van der Waals surface area contributed by atoms with Crippen LogP contribution in [-0.4, -0.2) is 59.9 Å². The van der Waals surface area contributed by atoms with Gasteiger partial charge in [-0.15, -0.1) is 0 Å². The molecule has 0 amide bonds. The van der Waals surface area contributed by atoms with Crippen LogP contribution in [0.1, 0.15) is 21.9 Å². The summed E-state index contributed by atoms with van der Waals surface area (Å²) in [6.07, 6.45) is 5.38.